The number of phosphoric acid groups is 1. The summed E-state index contributed by atoms with van der Waals surface area (Å²) in [5.74, 6) is -0.481. The van der Waals surface area contributed by atoms with E-state index < -0.39 is 13.7 Å². The van der Waals surface area contributed by atoms with Gasteiger partial charge in [-0.3, -0.25) is 13.8 Å². The minimum absolute atomic E-state index is 0.0125. The zero-order valence-corrected chi connectivity index (χ0v) is 22.2. The van der Waals surface area contributed by atoms with Gasteiger partial charge < -0.3 is 9.84 Å². The molecule has 4 aromatic carbocycles. The average molecular weight is 587 g/mol. The van der Waals surface area contributed by atoms with Gasteiger partial charge >= 0.3 is 7.82 Å². The van der Waals surface area contributed by atoms with E-state index in [1.54, 1.807) is 24.3 Å². The number of amides is 1. The van der Waals surface area contributed by atoms with Gasteiger partial charge in [0.1, 0.15) is 5.75 Å². The highest BCUT2D eigenvalue weighted by Gasteiger charge is 2.31. The molecule has 1 amide bonds. The molecular weight excluding hydrogens is 565 g/mol. The van der Waals surface area contributed by atoms with Gasteiger partial charge in [0.05, 0.1) is 18.8 Å². The van der Waals surface area contributed by atoms with Crippen LogP contribution in [0.25, 0.3) is 0 Å². The first-order valence-corrected chi connectivity index (χ1v) is 13.6. The van der Waals surface area contributed by atoms with Crippen LogP contribution < -0.4 is 9.84 Å². The first kappa shape index (κ1) is 26.1. The lowest BCUT2D eigenvalue weighted by atomic mass is 10.2. The molecule has 36 heavy (non-hydrogen) atoms. The van der Waals surface area contributed by atoms with E-state index in [0.717, 1.165) is 15.6 Å². The molecule has 0 aliphatic rings. The van der Waals surface area contributed by atoms with Crippen LogP contribution in [-0.4, -0.2) is 5.91 Å². The van der Waals surface area contributed by atoms with Gasteiger partial charge in [0.2, 0.25) is 0 Å². The van der Waals surface area contributed by atoms with Gasteiger partial charge in [-0.2, -0.15) is 0 Å². The topological polar surface area (TPSA) is 73.9 Å². The lowest BCUT2D eigenvalue weighted by molar-refractivity contribution is 0.102. The SMILES string of the molecule is O=C(Nc1ccc(Br)cc1)c1cc(Cl)ccc1OP(=O)(OCc1ccccc1)OCc1ccccc1. The standard InChI is InChI=1S/C27H22BrClNO5P/c28-22-11-14-24(15-12-22)30-27(31)25-17-23(29)13-16-26(25)35-36(32,33-18-20-7-3-1-4-8-20)34-19-21-9-5-2-6-10-21/h1-17H,18-19H2,(H,30,31). The number of halogens is 2. The maximum atomic E-state index is 13.7. The molecule has 0 heterocycles. The highest BCUT2D eigenvalue weighted by atomic mass is 79.9. The van der Waals surface area contributed by atoms with Crippen molar-refractivity contribution >= 4 is 46.9 Å². The van der Waals surface area contributed by atoms with E-state index in [4.69, 9.17) is 25.2 Å². The zero-order chi connectivity index (χ0) is 25.4. The summed E-state index contributed by atoms with van der Waals surface area (Å²) in [4.78, 5) is 13.1. The molecule has 0 bridgehead atoms. The third kappa shape index (κ3) is 7.53. The van der Waals surface area contributed by atoms with Gasteiger partial charge in [0, 0.05) is 15.2 Å². The second-order valence-electron chi connectivity index (χ2n) is 7.66. The quantitative estimate of drug-likeness (QED) is 0.189. The fourth-order valence-electron chi connectivity index (χ4n) is 3.16. The number of nitrogens with one attached hydrogen (secondary N) is 1. The van der Waals surface area contributed by atoms with Crippen LogP contribution >= 0.6 is 35.4 Å². The molecule has 0 unspecified atom stereocenters. The van der Waals surface area contributed by atoms with E-state index in [2.05, 4.69) is 21.2 Å². The van der Waals surface area contributed by atoms with E-state index in [9.17, 15) is 9.36 Å². The predicted molar refractivity (Wildman–Crippen MR) is 144 cm³/mol. The molecular formula is C27H22BrClNO5P. The molecule has 0 aliphatic carbocycles. The van der Waals surface area contributed by atoms with E-state index in [0.29, 0.717) is 10.7 Å². The van der Waals surface area contributed by atoms with Crippen LogP contribution in [0.2, 0.25) is 5.02 Å². The second-order valence-corrected chi connectivity index (χ2v) is 10.6. The zero-order valence-electron chi connectivity index (χ0n) is 19.0. The summed E-state index contributed by atoms with van der Waals surface area (Å²) in [6, 6.07) is 30.0. The molecule has 0 saturated carbocycles. The maximum absolute atomic E-state index is 13.7. The molecule has 0 aromatic heterocycles. The Kier molecular flexibility index (Phi) is 8.97. The number of benzene rings is 4. The Labute approximate surface area is 222 Å². The van der Waals surface area contributed by atoms with Crippen molar-refractivity contribution in [2.75, 3.05) is 5.32 Å². The van der Waals surface area contributed by atoms with Crippen molar-refractivity contribution < 1.29 is 22.9 Å². The number of anilines is 1. The molecule has 0 aliphatic heterocycles. The van der Waals surface area contributed by atoms with Crippen molar-refractivity contribution in [1.82, 2.24) is 0 Å². The average Bonchev–Trinajstić information content (AvgIpc) is 2.90. The Balaban J connectivity index is 1.58. The fourth-order valence-corrected chi connectivity index (χ4v) is 4.79. The Bertz CT molecular complexity index is 1310. The first-order chi connectivity index (χ1) is 17.4. The van der Waals surface area contributed by atoms with Gasteiger partial charge in [0.15, 0.2) is 0 Å². The smallest absolute Gasteiger partial charge is 0.403 e. The number of phosphoric ester groups is 1. The molecule has 184 valence electrons. The lowest BCUT2D eigenvalue weighted by Crippen LogP contribution is -2.14. The van der Waals surface area contributed by atoms with Gasteiger partial charge in [-0.1, -0.05) is 88.2 Å². The summed E-state index contributed by atoms with van der Waals surface area (Å²) >= 11 is 9.53. The van der Waals surface area contributed by atoms with Gasteiger partial charge in [0.25, 0.3) is 5.91 Å². The molecule has 9 heteroatoms. The van der Waals surface area contributed by atoms with Gasteiger partial charge in [-0.25, -0.2) is 4.57 Å². The molecule has 4 rings (SSSR count). The summed E-state index contributed by atoms with van der Waals surface area (Å²) in [6.45, 7) is -0.0260. The van der Waals surface area contributed by atoms with Crippen LogP contribution in [-0.2, 0) is 26.8 Å². The summed E-state index contributed by atoms with van der Waals surface area (Å²) < 4.78 is 31.8. The monoisotopic (exact) mass is 585 g/mol. The molecule has 0 atom stereocenters. The summed E-state index contributed by atoms with van der Waals surface area (Å²) in [5.41, 5.74) is 2.22. The molecule has 0 spiro atoms. The van der Waals surface area contributed by atoms with Gasteiger partial charge in [-0.15, -0.1) is 0 Å². The van der Waals surface area contributed by atoms with Crippen LogP contribution in [0, 0.1) is 0 Å². The predicted octanol–water partition coefficient (Wildman–Crippen LogP) is 8.28. The third-order valence-corrected chi connectivity index (χ3v) is 7.04. The van der Waals surface area contributed by atoms with Gasteiger partial charge in [-0.05, 0) is 53.6 Å². The van der Waals surface area contributed by atoms with Crippen LogP contribution in [0.4, 0.5) is 5.69 Å². The van der Waals surface area contributed by atoms with E-state index >= 15 is 0 Å². The van der Waals surface area contributed by atoms with Crippen molar-refractivity contribution in [1.29, 1.82) is 0 Å². The molecule has 1 N–H and O–H groups in total. The Morgan fingerprint density at radius 2 is 1.36 bits per heavy atom. The highest BCUT2D eigenvalue weighted by Crippen LogP contribution is 2.51. The Hall–Kier alpha value is -2.93. The van der Waals surface area contributed by atoms with E-state index in [1.807, 2.05) is 60.7 Å². The normalized spacial score (nSPS) is 11.2. The Morgan fingerprint density at radius 3 is 1.92 bits per heavy atom. The van der Waals surface area contributed by atoms with Crippen LogP contribution in [0.1, 0.15) is 21.5 Å². The molecule has 6 nitrogen and oxygen atoms in total. The van der Waals surface area contributed by atoms with Crippen LogP contribution in [0.5, 0.6) is 5.75 Å². The highest BCUT2D eigenvalue weighted by molar-refractivity contribution is 9.10. The number of carbonyl (C=O) groups is 1. The minimum Gasteiger partial charge on any atom is -0.403 e. The van der Waals surface area contributed by atoms with Crippen LogP contribution in [0.3, 0.4) is 0 Å². The second kappa shape index (κ2) is 12.3. The number of rotatable bonds is 10. The largest absolute Gasteiger partial charge is 0.530 e. The van der Waals surface area contributed by atoms with Crippen molar-refractivity contribution in [2.45, 2.75) is 13.2 Å². The fraction of sp³-hybridized carbons (Fsp3) is 0.0741. The lowest BCUT2D eigenvalue weighted by Gasteiger charge is -2.20. The summed E-state index contributed by atoms with van der Waals surface area (Å²) in [5, 5.41) is 3.10. The van der Waals surface area contributed by atoms with Crippen molar-refractivity contribution in [3.63, 3.8) is 0 Å². The minimum atomic E-state index is -4.17. The van der Waals surface area contributed by atoms with E-state index in [1.165, 1.54) is 18.2 Å². The molecule has 0 fully saturated rings. The first-order valence-electron chi connectivity index (χ1n) is 10.9. The number of hydrogen-bond donors (Lipinski definition) is 1. The molecule has 0 saturated heterocycles. The third-order valence-electron chi connectivity index (χ3n) is 4.96. The molecule has 0 radical (unpaired) electrons. The van der Waals surface area contributed by atoms with Crippen molar-refractivity contribution in [3.05, 3.63) is 129 Å². The summed E-state index contributed by atoms with van der Waals surface area (Å²) in [7, 11) is -4.17. The summed E-state index contributed by atoms with van der Waals surface area (Å²) in [6.07, 6.45) is 0. The van der Waals surface area contributed by atoms with E-state index in [-0.39, 0.29) is 24.5 Å². The van der Waals surface area contributed by atoms with Crippen molar-refractivity contribution in [2.24, 2.45) is 0 Å². The number of carbonyl (C=O) groups excluding carboxylic acids is 1. The maximum Gasteiger partial charge on any atom is 0.530 e. The number of hydrogen-bond acceptors (Lipinski definition) is 5. The molecule has 4 aromatic rings. The van der Waals surface area contributed by atoms with Crippen molar-refractivity contribution in [3.8, 4) is 5.75 Å². The Morgan fingerprint density at radius 1 is 0.806 bits per heavy atom. The van der Waals surface area contributed by atoms with Crippen LogP contribution in [0.15, 0.2) is 108 Å².